The summed E-state index contributed by atoms with van der Waals surface area (Å²) < 4.78 is 0. The van der Waals surface area contributed by atoms with Crippen LogP contribution in [0.3, 0.4) is 0 Å². The average molecular weight is 444 g/mol. The van der Waals surface area contributed by atoms with E-state index in [2.05, 4.69) is 115 Å². The van der Waals surface area contributed by atoms with E-state index in [4.69, 9.17) is 0 Å². The van der Waals surface area contributed by atoms with E-state index in [1.807, 2.05) is 0 Å². The maximum atomic E-state index is 2.52. The fraction of sp³-hybridized carbons (Fsp3) is 0.161. The Morgan fingerprint density at radius 3 is 2.06 bits per heavy atom. The topological polar surface area (TPSA) is 3.24 Å². The molecule has 5 aromatic rings. The SMILES string of the molecule is Cc1ccccc1N(c1ccc2ccc3ccccc3c2c1)c1ccccc1[SiH]1CCCC1. The molecule has 5 aromatic carbocycles. The first-order valence-corrected chi connectivity index (χ1v) is 14.4. The summed E-state index contributed by atoms with van der Waals surface area (Å²) in [6.45, 7) is 2.23. The Bertz CT molecular complexity index is 1450. The van der Waals surface area contributed by atoms with Crippen molar-refractivity contribution in [3.8, 4) is 0 Å². The van der Waals surface area contributed by atoms with Gasteiger partial charge < -0.3 is 4.90 Å². The molecule has 2 heteroatoms. The predicted molar refractivity (Wildman–Crippen MR) is 147 cm³/mol. The van der Waals surface area contributed by atoms with Crippen LogP contribution in [0.15, 0.2) is 103 Å². The molecule has 1 aliphatic rings. The third-order valence-electron chi connectivity index (χ3n) is 7.32. The maximum Gasteiger partial charge on any atom is 0.0735 e. The molecule has 1 saturated heterocycles. The molecule has 1 fully saturated rings. The molecule has 0 aliphatic carbocycles. The van der Waals surface area contributed by atoms with Crippen LogP contribution in [0, 0.1) is 6.92 Å². The maximum absolute atomic E-state index is 2.52. The van der Waals surface area contributed by atoms with Crippen LogP contribution >= 0.6 is 0 Å². The largest absolute Gasteiger partial charge is 0.310 e. The Balaban J connectivity index is 1.61. The number of rotatable bonds is 4. The van der Waals surface area contributed by atoms with E-state index in [0.717, 1.165) is 0 Å². The lowest BCUT2D eigenvalue weighted by atomic mass is 10.0. The molecule has 0 N–H and O–H groups in total. The van der Waals surface area contributed by atoms with Crippen molar-refractivity contribution in [2.24, 2.45) is 0 Å². The van der Waals surface area contributed by atoms with Gasteiger partial charge in [-0.3, -0.25) is 0 Å². The van der Waals surface area contributed by atoms with Gasteiger partial charge in [-0.15, -0.1) is 0 Å². The van der Waals surface area contributed by atoms with Crippen LogP contribution in [-0.4, -0.2) is 8.80 Å². The number of para-hydroxylation sites is 2. The third kappa shape index (κ3) is 3.65. The molecule has 6 rings (SSSR count). The molecule has 0 atom stereocenters. The second kappa shape index (κ2) is 8.53. The van der Waals surface area contributed by atoms with Gasteiger partial charge in [-0.25, -0.2) is 0 Å². The molecule has 1 heterocycles. The van der Waals surface area contributed by atoms with Gasteiger partial charge in [0.05, 0.1) is 8.80 Å². The standard InChI is InChI=1S/C31H29NSi/c1-23-10-2-5-13-29(23)32(30-14-6-7-15-31(30)33-20-8-9-21-33)26-19-18-25-17-16-24-11-3-4-12-27(24)28(25)22-26/h2-7,10-19,22,33H,8-9,20-21H2,1H3. The Hall–Kier alpha value is -3.36. The van der Waals surface area contributed by atoms with E-state index < -0.39 is 8.80 Å². The summed E-state index contributed by atoms with van der Waals surface area (Å²) in [7, 11) is -0.929. The van der Waals surface area contributed by atoms with Gasteiger partial charge in [-0.2, -0.15) is 0 Å². The van der Waals surface area contributed by atoms with Crippen LogP contribution in [0.25, 0.3) is 21.5 Å². The third-order valence-corrected chi connectivity index (χ3v) is 10.9. The molecule has 0 amide bonds. The van der Waals surface area contributed by atoms with Crippen molar-refractivity contribution in [3.63, 3.8) is 0 Å². The summed E-state index contributed by atoms with van der Waals surface area (Å²) in [5, 5.41) is 6.85. The Morgan fingerprint density at radius 1 is 0.606 bits per heavy atom. The lowest BCUT2D eigenvalue weighted by Crippen LogP contribution is -2.31. The molecule has 0 saturated carbocycles. The minimum absolute atomic E-state index is 0.929. The van der Waals surface area contributed by atoms with Crippen LogP contribution < -0.4 is 10.1 Å². The predicted octanol–water partition coefficient (Wildman–Crippen LogP) is 8.00. The Morgan fingerprint density at radius 2 is 1.24 bits per heavy atom. The van der Waals surface area contributed by atoms with Gasteiger partial charge in [0, 0.05) is 17.1 Å². The van der Waals surface area contributed by atoms with E-state index in [1.165, 1.54) is 69.1 Å². The lowest BCUT2D eigenvalue weighted by molar-refractivity contribution is 0.935. The number of hydrogen-bond acceptors (Lipinski definition) is 1. The van der Waals surface area contributed by atoms with E-state index in [-0.39, 0.29) is 0 Å². The normalized spacial score (nSPS) is 14.2. The summed E-state index contributed by atoms with van der Waals surface area (Å²) in [4.78, 5) is 2.52. The first-order chi connectivity index (χ1) is 16.3. The highest BCUT2D eigenvalue weighted by Gasteiger charge is 2.25. The molecule has 162 valence electrons. The number of benzene rings is 5. The van der Waals surface area contributed by atoms with Crippen molar-refractivity contribution >= 4 is 52.6 Å². The Labute approximate surface area is 197 Å². The van der Waals surface area contributed by atoms with Gasteiger partial charge >= 0.3 is 0 Å². The fourth-order valence-electron chi connectivity index (χ4n) is 5.62. The van der Waals surface area contributed by atoms with Gasteiger partial charge in [0.2, 0.25) is 0 Å². The average Bonchev–Trinajstić information content (AvgIpc) is 3.40. The second-order valence-electron chi connectivity index (χ2n) is 9.35. The van der Waals surface area contributed by atoms with Gasteiger partial charge in [-0.1, -0.05) is 104 Å². The molecule has 0 bridgehead atoms. The first kappa shape index (κ1) is 20.3. The molecule has 1 aliphatic heterocycles. The van der Waals surface area contributed by atoms with E-state index in [1.54, 1.807) is 5.19 Å². The van der Waals surface area contributed by atoms with E-state index in [0.29, 0.717) is 0 Å². The number of anilines is 3. The smallest absolute Gasteiger partial charge is 0.0735 e. The lowest BCUT2D eigenvalue weighted by Gasteiger charge is -2.30. The van der Waals surface area contributed by atoms with Crippen molar-refractivity contribution in [3.05, 3.63) is 109 Å². The summed E-state index contributed by atoms with van der Waals surface area (Å²) in [6.07, 6.45) is 2.80. The number of hydrogen-bond donors (Lipinski definition) is 0. The van der Waals surface area contributed by atoms with Crippen molar-refractivity contribution in [1.82, 2.24) is 0 Å². The molecular formula is C31H29NSi. The summed E-state index contributed by atoms with van der Waals surface area (Å²) in [5.74, 6) is 0. The minimum Gasteiger partial charge on any atom is -0.310 e. The van der Waals surface area contributed by atoms with Gasteiger partial charge in [0.25, 0.3) is 0 Å². The number of fused-ring (bicyclic) bond motifs is 3. The molecule has 0 unspecified atom stereocenters. The molecule has 0 radical (unpaired) electrons. The zero-order chi connectivity index (χ0) is 22.2. The van der Waals surface area contributed by atoms with E-state index in [9.17, 15) is 0 Å². The quantitative estimate of drug-likeness (QED) is 0.201. The first-order valence-electron chi connectivity index (χ1n) is 12.2. The molecule has 1 nitrogen and oxygen atoms in total. The Kier molecular flexibility index (Phi) is 5.24. The zero-order valence-corrected chi connectivity index (χ0v) is 20.3. The van der Waals surface area contributed by atoms with Crippen molar-refractivity contribution in [2.75, 3.05) is 4.90 Å². The molecule has 33 heavy (non-hydrogen) atoms. The highest BCUT2D eigenvalue weighted by molar-refractivity contribution is 6.75. The van der Waals surface area contributed by atoms with E-state index >= 15 is 0 Å². The zero-order valence-electron chi connectivity index (χ0n) is 19.2. The van der Waals surface area contributed by atoms with Crippen LogP contribution in [0.1, 0.15) is 18.4 Å². The second-order valence-corrected chi connectivity index (χ2v) is 12.5. The summed E-state index contributed by atoms with van der Waals surface area (Å²) in [6, 6.07) is 41.1. The number of nitrogens with zero attached hydrogens (tertiary/aromatic N) is 1. The van der Waals surface area contributed by atoms with Gasteiger partial charge in [0.1, 0.15) is 0 Å². The summed E-state index contributed by atoms with van der Waals surface area (Å²) >= 11 is 0. The van der Waals surface area contributed by atoms with Crippen molar-refractivity contribution in [1.29, 1.82) is 0 Å². The van der Waals surface area contributed by atoms with Crippen molar-refractivity contribution in [2.45, 2.75) is 31.9 Å². The van der Waals surface area contributed by atoms with Crippen LogP contribution in [0.5, 0.6) is 0 Å². The van der Waals surface area contributed by atoms with Crippen LogP contribution in [0.4, 0.5) is 17.1 Å². The molecule has 0 spiro atoms. The minimum atomic E-state index is -0.929. The molecule has 0 aromatic heterocycles. The molecular weight excluding hydrogens is 414 g/mol. The number of aryl methyl sites for hydroxylation is 1. The summed E-state index contributed by atoms with van der Waals surface area (Å²) in [5.41, 5.74) is 5.20. The van der Waals surface area contributed by atoms with Crippen LogP contribution in [0.2, 0.25) is 12.1 Å². The van der Waals surface area contributed by atoms with Crippen molar-refractivity contribution < 1.29 is 0 Å². The van der Waals surface area contributed by atoms with Crippen LogP contribution in [-0.2, 0) is 0 Å². The van der Waals surface area contributed by atoms with Gasteiger partial charge in [-0.05, 0) is 63.5 Å². The monoisotopic (exact) mass is 443 g/mol. The highest BCUT2D eigenvalue weighted by atomic mass is 28.3. The highest BCUT2D eigenvalue weighted by Crippen LogP contribution is 2.39. The van der Waals surface area contributed by atoms with Gasteiger partial charge in [0.15, 0.2) is 0 Å². The fourth-order valence-corrected chi connectivity index (χ4v) is 9.13.